The Morgan fingerprint density at radius 2 is 1.91 bits per heavy atom. The molecule has 0 bridgehead atoms. The number of benzene rings is 2. The molecule has 1 aromatic heterocycles. The van der Waals surface area contributed by atoms with Gasteiger partial charge >= 0.3 is 0 Å². The average Bonchev–Trinajstić information content (AvgIpc) is 3.27. The predicted octanol–water partition coefficient (Wildman–Crippen LogP) is 4.24. The maximum Gasteiger partial charge on any atom is 0.199 e. The first kappa shape index (κ1) is 24.5. The Labute approximate surface area is 206 Å². The SMILES string of the molecule is Cl.Cl.Oc1[nH]c2cc(Br)ccc2c1C1=Nc2ccccc2/C1=N/OCCN1CCNCC1. The summed E-state index contributed by atoms with van der Waals surface area (Å²) in [5.41, 5.74) is 4.45. The molecule has 10 heteroatoms. The summed E-state index contributed by atoms with van der Waals surface area (Å²) in [5, 5.41) is 19.4. The number of nitrogens with zero attached hydrogens (tertiary/aromatic N) is 3. The minimum atomic E-state index is 0. The van der Waals surface area contributed by atoms with Crippen molar-refractivity contribution in [2.45, 2.75) is 0 Å². The van der Waals surface area contributed by atoms with Gasteiger partial charge in [-0.3, -0.25) is 4.90 Å². The molecule has 0 spiro atoms. The van der Waals surface area contributed by atoms with Crippen LogP contribution in [0.4, 0.5) is 5.69 Å². The monoisotopic (exact) mass is 539 g/mol. The number of hydrogen-bond donors (Lipinski definition) is 3. The summed E-state index contributed by atoms with van der Waals surface area (Å²) in [5.74, 6) is 0.0724. The third-order valence-corrected chi connectivity index (χ3v) is 5.95. The Balaban J connectivity index is 0.00000144. The van der Waals surface area contributed by atoms with Crippen LogP contribution in [-0.4, -0.2) is 65.7 Å². The van der Waals surface area contributed by atoms with Crippen molar-refractivity contribution in [2.24, 2.45) is 10.1 Å². The molecule has 0 radical (unpaired) electrons. The summed E-state index contributed by atoms with van der Waals surface area (Å²) < 4.78 is 0.935. The normalized spacial score (nSPS) is 16.9. The highest BCUT2D eigenvalue weighted by atomic mass is 79.9. The molecule has 3 aromatic rings. The van der Waals surface area contributed by atoms with Crippen molar-refractivity contribution in [1.82, 2.24) is 15.2 Å². The van der Waals surface area contributed by atoms with E-state index in [1.807, 2.05) is 42.5 Å². The number of aromatic nitrogens is 1. The van der Waals surface area contributed by atoms with E-state index in [0.717, 1.165) is 59.4 Å². The van der Waals surface area contributed by atoms with E-state index in [4.69, 9.17) is 9.83 Å². The van der Waals surface area contributed by atoms with Gasteiger partial charge in [-0.25, -0.2) is 4.99 Å². The molecule has 0 unspecified atom stereocenters. The zero-order valence-electron chi connectivity index (χ0n) is 17.2. The van der Waals surface area contributed by atoms with E-state index in [9.17, 15) is 5.11 Å². The summed E-state index contributed by atoms with van der Waals surface area (Å²) >= 11 is 3.48. The van der Waals surface area contributed by atoms with E-state index < -0.39 is 0 Å². The van der Waals surface area contributed by atoms with Crippen molar-refractivity contribution >= 4 is 68.8 Å². The Hall–Kier alpha value is -2.10. The minimum absolute atomic E-state index is 0. The van der Waals surface area contributed by atoms with Crippen molar-refractivity contribution in [1.29, 1.82) is 0 Å². The lowest BCUT2D eigenvalue weighted by molar-refractivity contribution is 0.106. The van der Waals surface area contributed by atoms with Gasteiger partial charge in [-0.05, 0) is 18.2 Å². The number of oxime groups is 1. The van der Waals surface area contributed by atoms with Crippen LogP contribution in [0.25, 0.3) is 10.9 Å². The van der Waals surface area contributed by atoms with Crippen LogP contribution in [0.1, 0.15) is 11.1 Å². The fraction of sp³-hybridized carbons (Fsp3) is 0.273. The molecule has 3 N–H and O–H groups in total. The summed E-state index contributed by atoms with van der Waals surface area (Å²) in [6, 6.07) is 13.7. The Kier molecular flexibility index (Phi) is 8.19. The molecule has 0 atom stereocenters. The number of piperazine rings is 1. The second-order valence-corrected chi connectivity index (χ2v) is 8.30. The lowest BCUT2D eigenvalue weighted by atomic mass is 10.0. The maximum atomic E-state index is 10.7. The van der Waals surface area contributed by atoms with E-state index in [-0.39, 0.29) is 30.7 Å². The second-order valence-electron chi connectivity index (χ2n) is 7.38. The first-order valence-electron chi connectivity index (χ1n) is 10.0. The number of aromatic hydroxyl groups is 1. The third kappa shape index (κ3) is 4.79. The molecule has 170 valence electrons. The Morgan fingerprint density at radius 3 is 2.72 bits per heavy atom. The molecule has 3 heterocycles. The van der Waals surface area contributed by atoms with Crippen LogP contribution >= 0.6 is 40.7 Å². The summed E-state index contributed by atoms with van der Waals surface area (Å²) in [4.78, 5) is 15.9. The molecule has 32 heavy (non-hydrogen) atoms. The highest BCUT2D eigenvalue weighted by molar-refractivity contribution is 9.10. The average molecular weight is 541 g/mol. The molecule has 0 amide bonds. The molecule has 7 nitrogen and oxygen atoms in total. The van der Waals surface area contributed by atoms with Crippen LogP contribution < -0.4 is 5.32 Å². The van der Waals surface area contributed by atoms with E-state index in [0.29, 0.717) is 23.6 Å². The molecule has 2 aromatic carbocycles. The fourth-order valence-corrected chi connectivity index (χ4v) is 4.31. The van der Waals surface area contributed by atoms with Gasteiger partial charge in [-0.1, -0.05) is 45.4 Å². The first-order valence-corrected chi connectivity index (χ1v) is 10.8. The highest BCUT2D eigenvalue weighted by Crippen LogP contribution is 2.36. The second kappa shape index (κ2) is 10.7. The predicted molar refractivity (Wildman–Crippen MR) is 137 cm³/mol. The smallest absolute Gasteiger partial charge is 0.199 e. The third-order valence-electron chi connectivity index (χ3n) is 5.46. The number of aliphatic imine (C=N–C) groups is 1. The maximum absolute atomic E-state index is 10.7. The molecule has 2 aliphatic rings. The summed E-state index contributed by atoms with van der Waals surface area (Å²) in [7, 11) is 0. The molecule has 0 aliphatic carbocycles. The lowest BCUT2D eigenvalue weighted by Gasteiger charge is -2.26. The Morgan fingerprint density at radius 1 is 1.12 bits per heavy atom. The van der Waals surface area contributed by atoms with Crippen LogP contribution in [0.2, 0.25) is 0 Å². The van der Waals surface area contributed by atoms with Gasteiger partial charge in [0.2, 0.25) is 0 Å². The minimum Gasteiger partial charge on any atom is -0.494 e. The number of H-pyrrole nitrogens is 1. The number of para-hydroxylation sites is 1. The zero-order chi connectivity index (χ0) is 20.5. The van der Waals surface area contributed by atoms with E-state index in [1.54, 1.807) is 0 Å². The standard InChI is InChI=1S/C22H22BrN5O2.2ClH/c23-14-5-6-15-18(13-14)26-22(29)19(15)21-20(16-3-1-2-4-17(16)25-21)27-30-12-11-28-9-7-24-8-10-28;;/h1-6,13,24,26,29H,7-12H2;2*1H/b27-20-;;. The number of rotatable bonds is 5. The van der Waals surface area contributed by atoms with Gasteiger partial charge in [0.25, 0.3) is 0 Å². The fourth-order valence-electron chi connectivity index (χ4n) is 3.95. The number of aromatic amines is 1. The van der Waals surface area contributed by atoms with Crippen molar-refractivity contribution in [3.63, 3.8) is 0 Å². The van der Waals surface area contributed by atoms with Gasteiger partial charge in [0.05, 0.1) is 16.8 Å². The molecular formula is C22H24BrCl2N5O2. The van der Waals surface area contributed by atoms with Crippen molar-refractivity contribution in [2.75, 3.05) is 39.3 Å². The lowest BCUT2D eigenvalue weighted by Crippen LogP contribution is -2.44. The van der Waals surface area contributed by atoms with E-state index in [2.05, 4.69) is 36.3 Å². The van der Waals surface area contributed by atoms with Gasteiger partial charge in [0.15, 0.2) is 5.88 Å². The van der Waals surface area contributed by atoms with Crippen molar-refractivity contribution in [3.05, 3.63) is 58.1 Å². The zero-order valence-corrected chi connectivity index (χ0v) is 20.4. The van der Waals surface area contributed by atoms with E-state index in [1.165, 1.54) is 0 Å². The van der Waals surface area contributed by atoms with Gasteiger partial charge < -0.3 is 20.2 Å². The van der Waals surface area contributed by atoms with Gasteiger partial charge in [-0.15, -0.1) is 24.8 Å². The number of hydrogen-bond acceptors (Lipinski definition) is 6. The quantitative estimate of drug-likeness (QED) is 0.334. The Bertz CT molecular complexity index is 1160. The summed E-state index contributed by atoms with van der Waals surface area (Å²) in [6.07, 6.45) is 0. The van der Waals surface area contributed by atoms with Crippen LogP contribution in [-0.2, 0) is 4.84 Å². The van der Waals surface area contributed by atoms with E-state index >= 15 is 0 Å². The topological polar surface area (TPSA) is 85.2 Å². The number of nitrogens with one attached hydrogen (secondary N) is 2. The van der Waals surface area contributed by atoms with Crippen LogP contribution in [0, 0.1) is 0 Å². The van der Waals surface area contributed by atoms with Gasteiger partial charge in [-0.2, -0.15) is 0 Å². The van der Waals surface area contributed by atoms with Crippen LogP contribution in [0.5, 0.6) is 5.88 Å². The number of fused-ring (bicyclic) bond motifs is 2. The first-order chi connectivity index (χ1) is 14.7. The molecule has 0 saturated carbocycles. The van der Waals surface area contributed by atoms with Gasteiger partial charge in [0, 0.05) is 48.1 Å². The molecule has 1 saturated heterocycles. The molecule has 1 fully saturated rings. The molecular weight excluding hydrogens is 517 g/mol. The molecule has 2 aliphatic heterocycles. The van der Waals surface area contributed by atoms with Crippen molar-refractivity contribution < 1.29 is 9.94 Å². The van der Waals surface area contributed by atoms with Crippen LogP contribution in [0.15, 0.2) is 57.1 Å². The summed E-state index contributed by atoms with van der Waals surface area (Å²) in [6.45, 7) is 5.40. The number of halogens is 3. The largest absolute Gasteiger partial charge is 0.494 e. The van der Waals surface area contributed by atoms with Crippen LogP contribution in [0.3, 0.4) is 0 Å². The highest BCUT2D eigenvalue weighted by Gasteiger charge is 2.29. The van der Waals surface area contributed by atoms with Crippen molar-refractivity contribution in [3.8, 4) is 5.88 Å². The van der Waals surface area contributed by atoms with Gasteiger partial charge in [0.1, 0.15) is 18.0 Å². The molecule has 5 rings (SSSR count).